The highest BCUT2D eigenvalue weighted by Gasteiger charge is 2.17. The van der Waals surface area contributed by atoms with Crippen LogP contribution in [0.15, 0.2) is 0 Å². The van der Waals surface area contributed by atoms with Crippen LogP contribution in [0.4, 0.5) is 0 Å². The maximum atomic E-state index is 11.4. The minimum atomic E-state index is -1.19. The quantitative estimate of drug-likeness (QED) is 0.268. The molecular weight excluding hydrogens is 296 g/mol. The fraction of sp³-hybridized carbons (Fsp3) is 0.692. The fourth-order valence-corrected chi connectivity index (χ4v) is 1.42. The molecule has 3 N–H and O–H groups in total. The maximum Gasteiger partial charge on any atom is 0.326 e. The molecule has 0 aliphatic carbocycles. The highest BCUT2D eigenvalue weighted by molar-refractivity contribution is 5.79. The summed E-state index contributed by atoms with van der Waals surface area (Å²) in [7, 11) is 0. The van der Waals surface area contributed by atoms with Gasteiger partial charge in [-0.3, -0.25) is 14.4 Å². The zero-order valence-electron chi connectivity index (χ0n) is 12.5. The van der Waals surface area contributed by atoms with E-state index in [-0.39, 0.29) is 44.3 Å². The first kappa shape index (κ1) is 20.0. The number of carboxylic acid groups (broad SMARTS) is 1. The summed E-state index contributed by atoms with van der Waals surface area (Å²) in [5, 5.41) is 13.4. The number of nitrogens with one attached hydrogen (secondary N) is 2. The van der Waals surface area contributed by atoms with Gasteiger partial charge in [0.1, 0.15) is 12.6 Å². The van der Waals surface area contributed by atoms with Crippen LogP contribution in [0, 0.1) is 0 Å². The van der Waals surface area contributed by atoms with Gasteiger partial charge in [-0.15, -0.1) is 0 Å². The molecule has 0 aromatic carbocycles. The highest BCUT2D eigenvalue weighted by Crippen LogP contribution is 1.97. The number of hydrogen-bond acceptors (Lipinski definition) is 6. The summed E-state index contributed by atoms with van der Waals surface area (Å²) in [5.74, 6) is -1.57. The Kier molecular flexibility index (Phi) is 11.6. The van der Waals surface area contributed by atoms with E-state index in [1.807, 2.05) is 0 Å². The molecule has 0 saturated heterocycles. The van der Waals surface area contributed by atoms with Gasteiger partial charge in [-0.05, 0) is 13.3 Å². The number of aliphatic carboxylic acids is 1. The van der Waals surface area contributed by atoms with E-state index in [0.717, 1.165) is 0 Å². The molecule has 0 aromatic rings. The Bertz CT molecular complexity index is 373. The maximum absolute atomic E-state index is 11.4. The van der Waals surface area contributed by atoms with Crippen molar-refractivity contribution >= 4 is 24.1 Å². The molecule has 0 bridgehead atoms. The number of carboxylic acids is 1. The Balaban J connectivity index is 3.55. The van der Waals surface area contributed by atoms with Crippen molar-refractivity contribution in [2.24, 2.45) is 0 Å². The Morgan fingerprint density at radius 3 is 2.45 bits per heavy atom. The predicted octanol–water partition coefficient (Wildman–Crippen LogP) is -1.30. The van der Waals surface area contributed by atoms with Crippen molar-refractivity contribution in [1.82, 2.24) is 10.6 Å². The summed E-state index contributed by atoms with van der Waals surface area (Å²) < 4.78 is 10.1. The average Bonchev–Trinajstić information content (AvgIpc) is 2.45. The second kappa shape index (κ2) is 12.7. The molecule has 126 valence electrons. The molecule has 0 unspecified atom stereocenters. The summed E-state index contributed by atoms with van der Waals surface area (Å²) in [5.41, 5.74) is 0. The lowest BCUT2D eigenvalue weighted by Crippen LogP contribution is -2.37. The van der Waals surface area contributed by atoms with E-state index < -0.39 is 12.0 Å². The number of ketones is 1. The van der Waals surface area contributed by atoms with Crippen LogP contribution in [-0.2, 0) is 28.7 Å². The van der Waals surface area contributed by atoms with Crippen LogP contribution in [-0.4, -0.2) is 68.2 Å². The zero-order chi connectivity index (χ0) is 16.8. The second-order valence-electron chi connectivity index (χ2n) is 4.43. The summed E-state index contributed by atoms with van der Waals surface area (Å²) in [4.78, 5) is 42.9. The Hall–Kier alpha value is -2.00. The number of rotatable bonds is 14. The fourth-order valence-electron chi connectivity index (χ4n) is 1.42. The van der Waals surface area contributed by atoms with E-state index in [1.165, 1.54) is 6.92 Å². The van der Waals surface area contributed by atoms with Crippen LogP contribution in [0.5, 0.6) is 0 Å². The summed E-state index contributed by atoms with van der Waals surface area (Å²) in [6.45, 7) is 2.66. The van der Waals surface area contributed by atoms with Gasteiger partial charge in [0, 0.05) is 13.0 Å². The van der Waals surface area contributed by atoms with Crippen LogP contribution in [0.1, 0.15) is 19.8 Å². The van der Waals surface area contributed by atoms with Crippen molar-refractivity contribution in [3.8, 4) is 0 Å². The molecule has 0 fully saturated rings. The zero-order valence-corrected chi connectivity index (χ0v) is 12.5. The van der Waals surface area contributed by atoms with E-state index in [9.17, 15) is 19.2 Å². The summed E-state index contributed by atoms with van der Waals surface area (Å²) in [6.07, 6.45) is 0.290. The number of carbonyl (C=O) groups excluding carboxylic acids is 3. The molecule has 9 heteroatoms. The third-order valence-electron chi connectivity index (χ3n) is 2.47. The molecule has 0 aliphatic heterocycles. The third kappa shape index (κ3) is 11.8. The summed E-state index contributed by atoms with van der Waals surface area (Å²) >= 11 is 0. The number of amides is 2. The van der Waals surface area contributed by atoms with Crippen LogP contribution in [0.3, 0.4) is 0 Å². The molecule has 0 spiro atoms. The van der Waals surface area contributed by atoms with Crippen LogP contribution in [0.25, 0.3) is 0 Å². The van der Waals surface area contributed by atoms with Gasteiger partial charge in [0.2, 0.25) is 12.3 Å². The molecular formula is C13H22N2O7. The first-order valence-electron chi connectivity index (χ1n) is 6.81. The van der Waals surface area contributed by atoms with Gasteiger partial charge in [-0.1, -0.05) is 0 Å². The smallest absolute Gasteiger partial charge is 0.326 e. The Labute approximate surface area is 128 Å². The SMILES string of the molecule is CC(=O)COCCOCCNC(=O)CC[C@H](NC=O)C(=O)O. The van der Waals surface area contributed by atoms with Gasteiger partial charge in [0.05, 0.1) is 19.8 Å². The van der Waals surface area contributed by atoms with Gasteiger partial charge in [-0.25, -0.2) is 4.79 Å². The molecule has 0 aromatic heterocycles. The van der Waals surface area contributed by atoms with Crippen LogP contribution >= 0.6 is 0 Å². The minimum Gasteiger partial charge on any atom is -0.480 e. The first-order valence-corrected chi connectivity index (χ1v) is 6.81. The van der Waals surface area contributed by atoms with Gasteiger partial charge in [-0.2, -0.15) is 0 Å². The molecule has 9 nitrogen and oxygen atoms in total. The van der Waals surface area contributed by atoms with Crippen molar-refractivity contribution in [2.45, 2.75) is 25.8 Å². The van der Waals surface area contributed by atoms with E-state index in [4.69, 9.17) is 14.6 Å². The molecule has 0 rings (SSSR count). The minimum absolute atomic E-state index is 0.0135. The van der Waals surface area contributed by atoms with Crippen LogP contribution < -0.4 is 10.6 Å². The number of hydrogen-bond donors (Lipinski definition) is 3. The van der Waals surface area contributed by atoms with E-state index in [0.29, 0.717) is 19.6 Å². The molecule has 0 saturated carbocycles. The van der Waals surface area contributed by atoms with Crippen molar-refractivity contribution in [1.29, 1.82) is 0 Å². The van der Waals surface area contributed by atoms with Crippen molar-refractivity contribution < 1.29 is 33.8 Å². The highest BCUT2D eigenvalue weighted by atomic mass is 16.5. The first-order chi connectivity index (χ1) is 10.5. The molecule has 1 atom stereocenters. The Morgan fingerprint density at radius 2 is 1.86 bits per heavy atom. The number of ether oxygens (including phenoxy) is 2. The van der Waals surface area contributed by atoms with Crippen molar-refractivity contribution in [3.63, 3.8) is 0 Å². The molecule has 0 aliphatic rings. The predicted molar refractivity (Wildman–Crippen MR) is 75.2 cm³/mol. The topological polar surface area (TPSA) is 131 Å². The monoisotopic (exact) mass is 318 g/mol. The van der Waals surface area contributed by atoms with E-state index >= 15 is 0 Å². The van der Waals surface area contributed by atoms with Crippen LogP contribution in [0.2, 0.25) is 0 Å². The largest absolute Gasteiger partial charge is 0.480 e. The number of carbonyl (C=O) groups is 4. The normalized spacial score (nSPS) is 11.5. The standard InChI is InChI=1S/C13H22N2O7/c1-10(17)8-22-7-6-21-5-4-14-12(18)3-2-11(13(19)20)15-9-16/h9,11H,2-8H2,1H3,(H,14,18)(H,15,16)(H,19,20)/t11-/m0/s1. The van der Waals surface area contributed by atoms with Crippen molar-refractivity contribution in [2.75, 3.05) is 33.0 Å². The lowest BCUT2D eigenvalue weighted by atomic mass is 10.1. The van der Waals surface area contributed by atoms with Gasteiger partial charge in [0.15, 0.2) is 5.78 Å². The average molecular weight is 318 g/mol. The lowest BCUT2D eigenvalue weighted by molar-refractivity contribution is -0.140. The lowest BCUT2D eigenvalue weighted by Gasteiger charge is -2.11. The Morgan fingerprint density at radius 1 is 1.18 bits per heavy atom. The second-order valence-corrected chi connectivity index (χ2v) is 4.43. The van der Waals surface area contributed by atoms with E-state index in [2.05, 4.69) is 10.6 Å². The van der Waals surface area contributed by atoms with E-state index in [1.54, 1.807) is 0 Å². The molecule has 0 radical (unpaired) electrons. The van der Waals surface area contributed by atoms with Gasteiger partial charge >= 0.3 is 5.97 Å². The molecule has 0 heterocycles. The number of Topliss-reactive ketones (excluding diaryl/α,β-unsaturated/α-hetero) is 1. The van der Waals surface area contributed by atoms with Gasteiger partial charge < -0.3 is 25.2 Å². The molecule has 22 heavy (non-hydrogen) atoms. The van der Waals surface area contributed by atoms with Gasteiger partial charge in [0.25, 0.3) is 0 Å². The summed E-state index contributed by atoms with van der Waals surface area (Å²) in [6, 6.07) is -1.07. The van der Waals surface area contributed by atoms with Crippen molar-refractivity contribution in [3.05, 3.63) is 0 Å². The third-order valence-corrected chi connectivity index (χ3v) is 2.47. The molecule has 2 amide bonds.